The average Bonchev–Trinajstić information content (AvgIpc) is 2.48. The molecule has 0 saturated heterocycles. The van der Waals surface area contributed by atoms with E-state index in [1.807, 2.05) is 0 Å². The number of nitrogens with one attached hydrogen (secondary N) is 1. The van der Waals surface area contributed by atoms with Crippen LogP contribution in [-0.4, -0.2) is 17.7 Å². The van der Waals surface area contributed by atoms with Gasteiger partial charge in [0.2, 0.25) is 5.91 Å². The van der Waals surface area contributed by atoms with Gasteiger partial charge in [-0.05, 0) is 25.2 Å². The molecule has 3 heteroatoms. The molecule has 1 fully saturated rings. The first kappa shape index (κ1) is 10.9. The van der Waals surface area contributed by atoms with E-state index < -0.39 is 0 Å². The van der Waals surface area contributed by atoms with Crippen LogP contribution in [-0.2, 0) is 4.79 Å². The molecule has 1 atom stereocenters. The monoisotopic (exact) mass is 201 g/mol. The molecule has 0 radical (unpaired) electrons. The van der Waals surface area contributed by atoms with E-state index in [0.29, 0.717) is 5.41 Å². The third-order valence-electron chi connectivity index (χ3n) is 2.88. The number of amides is 1. The SMILES string of the molecule is CC(S)C(=O)NCC1(C)CCCC1. The smallest absolute Gasteiger partial charge is 0.232 e. The molecule has 0 aromatic rings. The normalized spacial score (nSPS) is 22.7. The first-order valence-corrected chi connectivity index (χ1v) is 5.51. The second-order valence-electron chi connectivity index (χ2n) is 4.41. The molecule has 76 valence electrons. The number of carbonyl (C=O) groups excluding carboxylic acids is 1. The number of rotatable bonds is 3. The van der Waals surface area contributed by atoms with Crippen LogP contribution in [0.5, 0.6) is 0 Å². The molecule has 0 aromatic heterocycles. The van der Waals surface area contributed by atoms with Crippen molar-refractivity contribution in [1.29, 1.82) is 0 Å². The van der Waals surface area contributed by atoms with E-state index in [9.17, 15) is 4.79 Å². The molecule has 0 aromatic carbocycles. The van der Waals surface area contributed by atoms with Crippen molar-refractivity contribution in [2.75, 3.05) is 6.54 Å². The van der Waals surface area contributed by atoms with Crippen LogP contribution in [0, 0.1) is 5.41 Å². The summed E-state index contributed by atoms with van der Waals surface area (Å²) >= 11 is 4.08. The number of carbonyl (C=O) groups is 1. The molecule has 0 spiro atoms. The fourth-order valence-corrected chi connectivity index (χ4v) is 1.94. The summed E-state index contributed by atoms with van der Waals surface area (Å²) in [7, 11) is 0. The molecule has 1 N–H and O–H groups in total. The van der Waals surface area contributed by atoms with Crippen LogP contribution < -0.4 is 5.32 Å². The molecule has 0 bridgehead atoms. The van der Waals surface area contributed by atoms with Gasteiger partial charge < -0.3 is 5.32 Å². The van der Waals surface area contributed by atoms with Crippen LogP contribution in [0.2, 0.25) is 0 Å². The molecular formula is C10H19NOS. The van der Waals surface area contributed by atoms with Crippen molar-refractivity contribution in [3.8, 4) is 0 Å². The van der Waals surface area contributed by atoms with E-state index in [-0.39, 0.29) is 11.2 Å². The van der Waals surface area contributed by atoms with E-state index in [2.05, 4.69) is 24.9 Å². The molecule has 0 aliphatic heterocycles. The number of hydrogen-bond acceptors (Lipinski definition) is 2. The summed E-state index contributed by atoms with van der Waals surface area (Å²) in [5, 5.41) is 2.76. The van der Waals surface area contributed by atoms with Gasteiger partial charge in [0.25, 0.3) is 0 Å². The zero-order chi connectivity index (χ0) is 9.90. The molecule has 1 aliphatic carbocycles. The Hall–Kier alpha value is -0.180. The molecule has 1 aliphatic rings. The fourth-order valence-electron chi connectivity index (χ4n) is 1.85. The molecular weight excluding hydrogens is 182 g/mol. The Morgan fingerprint density at radius 2 is 2.08 bits per heavy atom. The van der Waals surface area contributed by atoms with Crippen LogP contribution in [0.15, 0.2) is 0 Å². The van der Waals surface area contributed by atoms with E-state index in [1.54, 1.807) is 6.92 Å². The third kappa shape index (κ3) is 3.22. The highest BCUT2D eigenvalue weighted by molar-refractivity contribution is 7.81. The molecule has 1 rings (SSSR count). The Balaban J connectivity index is 2.29. The molecule has 13 heavy (non-hydrogen) atoms. The van der Waals surface area contributed by atoms with Crippen LogP contribution >= 0.6 is 12.6 Å². The highest BCUT2D eigenvalue weighted by Gasteiger charge is 2.28. The van der Waals surface area contributed by atoms with Gasteiger partial charge in [-0.15, -0.1) is 0 Å². The van der Waals surface area contributed by atoms with Crippen molar-refractivity contribution in [3.05, 3.63) is 0 Å². The summed E-state index contributed by atoms with van der Waals surface area (Å²) < 4.78 is 0. The Morgan fingerprint density at radius 3 is 2.54 bits per heavy atom. The van der Waals surface area contributed by atoms with Gasteiger partial charge in [0.05, 0.1) is 5.25 Å². The van der Waals surface area contributed by atoms with Crippen LogP contribution in [0.25, 0.3) is 0 Å². The summed E-state index contributed by atoms with van der Waals surface area (Å²) in [4.78, 5) is 11.3. The molecule has 1 unspecified atom stereocenters. The van der Waals surface area contributed by atoms with Crippen molar-refractivity contribution in [2.24, 2.45) is 5.41 Å². The Bertz CT molecular complexity index is 185. The maximum absolute atomic E-state index is 11.3. The van der Waals surface area contributed by atoms with Crippen molar-refractivity contribution in [3.63, 3.8) is 0 Å². The predicted octanol–water partition coefficient (Wildman–Crippen LogP) is 2.00. The van der Waals surface area contributed by atoms with E-state index in [1.165, 1.54) is 25.7 Å². The Kier molecular flexibility index (Phi) is 3.65. The van der Waals surface area contributed by atoms with Crippen LogP contribution in [0.4, 0.5) is 0 Å². The number of thiol groups is 1. The summed E-state index contributed by atoms with van der Waals surface area (Å²) in [6.07, 6.45) is 5.11. The lowest BCUT2D eigenvalue weighted by atomic mass is 9.89. The van der Waals surface area contributed by atoms with Gasteiger partial charge in [-0.2, -0.15) is 12.6 Å². The highest BCUT2D eigenvalue weighted by Crippen LogP contribution is 2.36. The van der Waals surface area contributed by atoms with Crippen molar-refractivity contribution in [2.45, 2.75) is 44.8 Å². The summed E-state index contributed by atoms with van der Waals surface area (Å²) in [6.45, 7) is 4.87. The largest absolute Gasteiger partial charge is 0.355 e. The summed E-state index contributed by atoms with van der Waals surface area (Å²) in [5.74, 6) is 0.0523. The Morgan fingerprint density at radius 1 is 1.54 bits per heavy atom. The fraction of sp³-hybridized carbons (Fsp3) is 0.900. The standard InChI is InChI=1S/C10H19NOS/c1-8(13)9(12)11-7-10(2)5-3-4-6-10/h8,13H,3-7H2,1-2H3,(H,11,12). The van der Waals surface area contributed by atoms with Gasteiger partial charge in [0.1, 0.15) is 0 Å². The quantitative estimate of drug-likeness (QED) is 0.672. The average molecular weight is 201 g/mol. The second kappa shape index (κ2) is 4.36. The van der Waals surface area contributed by atoms with E-state index in [0.717, 1.165) is 6.54 Å². The molecule has 1 amide bonds. The van der Waals surface area contributed by atoms with Gasteiger partial charge >= 0.3 is 0 Å². The first-order valence-electron chi connectivity index (χ1n) is 4.99. The minimum Gasteiger partial charge on any atom is -0.355 e. The second-order valence-corrected chi connectivity index (χ2v) is 5.19. The molecule has 0 heterocycles. The molecule has 2 nitrogen and oxygen atoms in total. The first-order chi connectivity index (χ1) is 6.03. The van der Waals surface area contributed by atoms with Crippen molar-refractivity contribution < 1.29 is 4.79 Å². The third-order valence-corrected chi connectivity index (χ3v) is 3.11. The maximum Gasteiger partial charge on any atom is 0.232 e. The van der Waals surface area contributed by atoms with Gasteiger partial charge in [-0.25, -0.2) is 0 Å². The summed E-state index contributed by atoms with van der Waals surface area (Å²) in [5.41, 5.74) is 0.346. The van der Waals surface area contributed by atoms with Gasteiger partial charge in [-0.3, -0.25) is 4.79 Å². The predicted molar refractivity (Wildman–Crippen MR) is 58.0 cm³/mol. The minimum absolute atomic E-state index is 0.0523. The van der Waals surface area contributed by atoms with Crippen molar-refractivity contribution in [1.82, 2.24) is 5.32 Å². The van der Waals surface area contributed by atoms with Gasteiger partial charge in [0, 0.05) is 6.54 Å². The van der Waals surface area contributed by atoms with Crippen LogP contribution in [0.1, 0.15) is 39.5 Å². The summed E-state index contributed by atoms with van der Waals surface area (Å²) in [6, 6.07) is 0. The lowest BCUT2D eigenvalue weighted by molar-refractivity contribution is -0.120. The minimum atomic E-state index is -0.190. The van der Waals surface area contributed by atoms with Gasteiger partial charge in [0.15, 0.2) is 0 Å². The molecule has 1 saturated carbocycles. The van der Waals surface area contributed by atoms with Gasteiger partial charge in [-0.1, -0.05) is 19.8 Å². The zero-order valence-electron chi connectivity index (χ0n) is 8.47. The van der Waals surface area contributed by atoms with E-state index in [4.69, 9.17) is 0 Å². The lowest BCUT2D eigenvalue weighted by Crippen LogP contribution is -2.37. The maximum atomic E-state index is 11.3. The zero-order valence-corrected chi connectivity index (χ0v) is 9.36. The highest BCUT2D eigenvalue weighted by atomic mass is 32.1. The van der Waals surface area contributed by atoms with E-state index >= 15 is 0 Å². The number of hydrogen-bond donors (Lipinski definition) is 2. The van der Waals surface area contributed by atoms with Crippen LogP contribution in [0.3, 0.4) is 0 Å². The lowest BCUT2D eigenvalue weighted by Gasteiger charge is -2.24. The Labute approximate surface area is 85.9 Å². The topological polar surface area (TPSA) is 29.1 Å². The van der Waals surface area contributed by atoms with Crippen molar-refractivity contribution >= 4 is 18.5 Å².